The predicted molar refractivity (Wildman–Crippen MR) is 124 cm³/mol. The molecule has 1 N–H and O–H groups in total. The van der Waals surface area contributed by atoms with Crippen molar-refractivity contribution in [1.82, 2.24) is 0 Å². The van der Waals surface area contributed by atoms with Crippen LogP contribution < -0.4 is 0 Å². The zero-order valence-corrected chi connectivity index (χ0v) is 20.2. The van der Waals surface area contributed by atoms with E-state index in [1.54, 1.807) is 5.57 Å². The predicted octanol–water partition coefficient (Wildman–Crippen LogP) is 7.63. The van der Waals surface area contributed by atoms with Gasteiger partial charge in [-0.05, 0) is 110 Å². The lowest BCUT2D eigenvalue weighted by Gasteiger charge is -2.58. The van der Waals surface area contributed by atoms with E-state index in [4.69, 9.17) is 0 Å². The first-order valence-electron chi connectivity index (χ1n) is 13.1. The lowest BCUT2D eigenvalue weighted by atomic mass is 9.47. The van der Waals surface area contributed by atoms with Crippen LogP contribution in [0.1, 0.15) is 106 Å². The quantitative estimate of drug-likeness (QED) is 0.470. The number of aliphatic hydroxyl groups excluding tert-OH is 1. The molecule has 0 amide bonds. The van der Waals surface area contributed by atoms with Gasteiger partial charge in [-0.3, -0.25) is 0 Å². The van der Waals surface area contributed by atoms with Crippen molar-refractivity contribution in [2.45, 2.75) is 112 Å². The van der Waals surface area contributed by atoms with E-state index in [2.05, 4.69) is 47.6 Å². The summed E-state index contributed by atoms with van der Waals surface area (Å²) in [5, 5.41) is 10.2. The molecular weight excluding hydrogens is 352 g/mol. The number of hydrogen-bond donors (Lipinski definition) is 1. The molecule has 4 aliphatic carbocycles. The van der Waals surface area contributed by atoms with Crippen molar-refractivity contribution in [2.24, 2.45) is 52.3 Å². The van der Waals surface area contributed by atoms with Crippen molar-refractivity contribution < 1.29 is 5.11 Å². The van der Waals surface area contributed by atoms with Gasteiger partial charge in [0.05, 0.1) is 6.10 Å². The summed E-state index contributed by atoms with van der Waals surface area (Å²) < 4.78 is 0. The van der Waals surface area contributed by atoms with Crippen LogP contribution in [0.15, 0.2) is 11.6 Å². The summed E-state index contributed by atoms with van der Waals surface area (Å²) in [7, 11) is 0. The van der Waals surface area contributed by atoms with Gasteiger partial charge in [-0.2, -0.15) is 0 Å². The van der Waals surface area contributed by atoms with Crippen LogP contribution in [0.4, 0.5) is 0 Å². The summed E-state index contributed by atoms with van der Waals surface area (Å²) in [4.78, 5) is 0. The number of allylic oxidation sites excluding steroid dienone is 1. The molecule has 0 spiro atoms. The molecule has 9 atom stereocenters. The summed E-state index contributed by atoms with van der Waals surface area (Å²) in [6.07, 6.45) is 15.6. The molecule has 0 radical (unpaired) electrons. The van der Waals surface area contributed by atoms with Crippen LogP contribution >= 0.6 is 0 Å². The highest BCUT2D eigenvalue weighted by molar-refractivity contribution is 5.25. The van der Waals surface area contributed by atoms with Crippen molar-refractivity contribution in [2.75, 3.05) is 0 Å². The van der Waals surface area contributed by atoms with E-state index >= 15 is 0 Å². The van der Waals surface area contributed by atoms with E-state index in [1.807, 2.05) is 0 Å². The summed E-state index contributed by atoms with van der Waals surface area (Å²) in [5.74, 6) is 6.26. The van der Waals surface area contributed by atoms with Crippen LogP contribution in [-0.4, -0.2) is 11.2 Å². The van der Waals surface area contributed by atoms with Gasteiger partial charge >= 0.3 is 0 Å². The Kier molecular flexibility index (Phi) is 6.04. The van der Waals surface area contributed by atoms with E-state index in [9.17, 15) is 5.11 Å². The van der Waals surface area contributed by atoms with E-state index in [0.717, 1.165) is 54.3 Å². The highest BCUT2D eigenvalue weighted by Crippen LogP contribution is 2.67. The maximum Gasteiger partial charge on any atom is 0.0577 e. The van der Waals surface area contributed by atoms with Gasteiger partial charge < -0.3 is 5.11 Å². The largest absolute Gasteiger partial charge is 0.393 e. The fourth-order valence-corrected chi connectivity index (χ4v) is 9.17. The summed E-state index contributed by atoms with van der Waals surface area (Å²) in [6, 6.07) is 0. The average Bonchev–Trinajstić information content (AvgIpc) is 3.03. The summed E-state index contributed by atoms with van der Waals surface area (Å²) in [5.41, 5.74) is 2.58. The Balaban J connectivity index is 1.53. The Morgan fingerprint density at radius 1 is 1.03 bits per heavy atom. The van der Waals surface area contributed by atoms with Gasteiger partial charge in [0.2, 0.25) is 0 Å². The van der Waals surface area contributed by atoms with E-state index in [1.165, 1.54) is 51.4 Å². The van der Waals surface area contributed by atoms with E-state index in [0.29, 0.717) is 10.8 Å². The summed E-state index contributed by atoms with van der Waals surface area (Å²) in [6.45, 7) is 15.1. The molecule has 29 heavy (non-hydrogen) atoms. The van der Waals surface area contributed by atoms with Crippen molar-refractivity contribution in [1.29, 1.82) is 0 Å². The maximum atomic E-state index is 10.2. The third-order valence-corrected chi connectivity index (χ3v) is 11.0. The Bertz CT molecular complexity index is 620. The van der Waals surface area contributed by atoms with Gasteiger partial charge in [-0.1, -0.05) is 59.6 Å². The van der Waals surface area contributed by atoms with Gasteiger partial charge in [0.15, 0.2) is 0 Å². The second kappa shape index (κ2) is 7.99. The van der Waals surface area contributed by atoms with Crippen LogP contribution in [0.25, 0.3) is 0 Å². The first-order valence-corrected chi connectivity index (χ1v) is 13.1. The molecule has 0 heterocycles. The Morgan fingerprint density at radius 3 is 2.48 bits per heavy atom. The molecule has 3 fully saturated rings. The minimum Gasteiger partial charge on any atom is -0.393 e. The van der Waals surface area contributed by atoms with Gasteiger partial charge in [0.25, 0.3) is 0 Å². The lowest BCUT2D eigenvalue weighted by molar-refractivity contribution is -0.0584. The van der Waals surface area contributed by atoms with Crippen LogP contribution in [-0.2, 0) is 0 Å². The average molecular weight is 401 g/mol. The normalized spacial score (nSPS) is 46.5. The minimum absolute atomic E-state index is 0.0797. The van der Waals surface area contributed by atoms with Crippen LogP contribution in [0.5, 0.6) is 0 Å². The molecule has 1 heteroatoms. The zero-order chi connectivity index (χ0) is 21.0. The van der Waals surface area contributed by atoms with E-state index in [-0.39, 0.29) is 6.10 Å². The standard InChI is InChI=1S/C28H48O/c1-7-20(18(2)3)16-19(4)24-10-11-25-23-9-8-21-17-22(29)12-14-27(21,5)26(23)13-15-28(24,25)6/h8,18-20,22-26,29H,7,9-17H2,1-6H3. The molecule has 4 aliphatic rings. The lowest BCUT2D eigenvalue weighted by Crippen LogP contribution is -2.50. The molecule has 0 aromatic heterocycles. The van der Waals surface area contributed by atoms with Gasteiger partial charge in [-0.25, -0.2) is 0 Å². The topological polar surface area (TPSA) is 20.2 Å². The maximum absolute atomic E-state index is 10.2. The first-order chi connectivity index (χ1) is 13.7. The van der Waals surface area contributed by atoms with Gasteiger partial charge in [0.1, 0.15) is 0 Å². The van der Waals surface area contributed by atoms with Crippen LogP contribution in [0.3, 0.4) is 0 Å². The molecule has 0 bridgehead atoms. The van der Waals surface area contributed by atoms with E-state index < -0.39 is 0 Å². The molecule has 0 aromatic carbocycles. The molecule has 1 nitrogen and oxygen atoms in total. The second-order valence-electron chi connectivity index (χ2n) is 12.5. The smallest absolute Gasteiger partial charge is 0.0577 e. The third kappa shape index (κ3) is 3.56. The SMILES string of the molecule is CCC(CC(C)C1CCC2C3CC=C4CC(O)CCC4(C)C3CCC12C)C(C)C. The molecular formula is C28H48O. The molecule has 9 unspecified atom stereocenters. The number of aliphatic hydroxyl groups is 1. The highest BCUT2D eigenvalue weighted by Gasteiger charge is 2.59. The molecule has 166 valence electrons. The van der Waals surface area contributed by atoms with Gasteiger partial charge in [-0.15, -0.1) is 0 Å². The molecule has 0 aromatic rings. The number of rotatable bonds is 5. The fraction of sp³-hybridized carbons (Fsp3) is 0.929. The van der Waals surface area contributed by atoms with Crippen molar-refractivity contribution in [3.63, 3.8) is 0 Å². The monoisotopic (exact) mass is 400 g/mol. The van der Waals surface area contributed by atoms with Crippen molar-refractivity contribution in [3.05, 3.63) is 11.6 Å². The zero-order valence-electron chi connectivity index (χ0n) is 20.2. The van der Waals surface area contributed by atoms with Crippen molar-refractivity contribution in [3.8, 4) is 0 Å². The first kappa shape index (κ1) is 21.9. The highest BCUT2D eigenvalue weighted by atomic mass is 16.3. The number of fused-ring (bicyclic) bond motifs is 5. The Labute approximate surface area is 181 Å². The molecule has 4 rings (SSSR count). The molecule has 0 saturated heterocycles. The Morgan fingerprint density at radius 2 is 1.79 bits per heavy atom. The van der Waals surface area contributed by atoms with Gasteiger partial charge in [0, 0.05) is 0 Å². The third-order valence-electron chi connectivity index (χ3n) is 11.0. The minimum atomic E-state index is -0.0797. The molecule has 0 aliphatic heterocycles. The Hall–Kier alpha value is -0.300. The fourth-order valence-electron chi connectivity index (χ4n) is 9.17. The number of hydrogen-bond acceptors (Lipinski definition) is 1. The van der Waals surface area contributed by atoms with Crippen molar-refractivity contribution >= 4 is 0 Å². The second-order valence-corrected chi connectivity index (χ2v) is 12.5. The molecule has 3 saturated carbocycles. The summed E-state index contributed by atoms with van der Waals surface area (Å²) >= 11 is 0. The van der Waals surface area contributed by atoms with Crippen LogP contribution in [0.2, 0.25) is 0 Å². The van der Waals surface area contributed by atoms with Crippen LogP contribution in [0, 0.1) is 52.3 Å².